The molecule has 6 heteroatoms. The van der Waals surface area contributed by atoms with E-state index < -0.39 is 0 Å². The number of hydrogen-bond donors (Lipinski definition) is 1. The van der Waals surface area contributed by atoms with Crippen molar-refractivity contribution in [3.8, 4) is 0 Å². The number of carbonyl (C=O) groups is 1. The summed E-state index contributed by atoms with van der Waals surface area (Å²) in [4.78, 5) is 17.5. The quantitative estimate of drug-likeness (QED) is 0.346. The summed E-state index contributed by atoms with van der Waals surface area (Å²) in [6.07, 6.45) is 5.66. The molecule has 144 valence electrons. The molecule has 0 unspecified atom stereocenters. The van der Waals surface area contributed by atoms with Gasteiger partial charge in [0.1, 0.15) is 0 Å². The van der Waals surface area contributed by atoms with Crippen LogP contribution in [-0.4, -0.2) is 10.9 Å². The molecule has 3 nitrogen and oxygen atoms in total. The zero-order valence-electron chi connectivity index (χ0n) is 15.2. The van der Waals surface area contributed by atoms with Gasteiger partial charge in [0.2, 0.25) is 5.91 Å². The fraction of sp³-hybridized carbons (Fsp3) is 0.0435. The Labute approximate surface area is 182 Å². The number of aromatic nitrogens is 1. The van der Waals surface area contributed by atoms with Crippen molar-refractivity contribution < 1.29 is 4.79 Å². The number of hydrogen-bond acceptors (Lipinski definition) is 3. The van der Waals surface area contributed by atoms with Crippen LogP contribution in [0.1, 0.15) is 16.0 Å². The van der Waals surface area contributed by atoms with Gasteiger partial charge in [0, 0.05) is 23.6 Å². The van der Waals surface area contributed by atoms with E-state index in [4.69, 9.17) is 23.2 Å². The molecule has 0 radical (unpaired) electrons. The van der Waals surface area contributed by atoms with Crippen molar-refractivity contribution in [1.29, 1.82) is 0 Å². The van der Waals surface area contributed by atoms with Crippen LogP contribution in [0.3, 0.4) is 0 Å². The van der Waals surface area contributed by atoms with E-state index in [1.807, 2.05) is 36.4 Å². The zero-order chi connectivity index (χ0) is 20.2. The number of thiazole rings is 1. The van der Waals surface area contributed by atoms with Crippen molar-refractivity contribution in [1.82, 2.24) is 4.98 Å². The molecule has 1 aromatic heterocycles. The lowest BCUT2D eigenvalue weighted by Gasteiger charge is -2.03. The highest BCUT2D eigenvalue weighted by Gasteiger charge is 2.09. The summed E-state index contributed by atoms with van der Waals surface area (Å²) in [5.41, 5.74) is 1.89. The molecule has 1 N–H and O–H groups in total. The molecular formula is C23H16Cl2N2OS. The smallest absolute Gasteiger partial charge is 0.250 e. The molecule has 1 amide bonds. The minimum atomic E-state index is -0.222. The molecule has 0 bridgehead atoms. The number of benzene rings is 3. The summed E-state index contributed by atoms with van der Waals surface area (Å²) in [5.74, 6) is -0.222. The van der Waals surface area contributed by atoms with Crippen LogP contribution in [0.25, 0.3) is 16.8 Å². The second-order valence-electron chi connectivity index (χ2n) is 6.45. The van der Waals surface area contributed by atoms with Crippen molar-refractivity contribution in [2.24, 2.45) is 0 Å². The first-order valence-electron chi connectivity index (χ1n) is 8.94. The second-order valence-corrected chi connectivity index (χ2v) is 8.35. The van der Waals surface area contributed by atoms with Crippen molar-refractivity contribution in [2.45, 2.75) is 6.42 Å². The monoisotopic (exact) mass is 438 g/mol. The SMILES string of the molecule is O=C(/C=C/c1ccc2ccccc2c1)Nc1ncc(Cc2cccc(Cl)c2Cl)s1. The van der Waals surface area contributed by atoms with Crippen LogP contribution in [0, 0.1) is 0 Å². The molecular weight excluding hydrogens is 423 g/mol. The van der Waals surface area contributed by atoms with E-state index in [-0.39, 0.29) is 5.91 Å². The molecule has 3 aromatic carbocycles. The number of amides is 1. The first kappa shape index (κ1) is 19.6. The summed E-state index contributed by atoms with van der Waals surface area (Å²) in [6, 6.07) is 19.8. The van der Waals surface area contributed by atoms with Gasteiger partial charge in [-0.1, -0.05) is 71.7 Å². The van der Waals surface area contributed by atoms with Crippen LogP contribution in [0.2, 0.25) is 10.0 Å². The third-order valence-electron chi connectivity index (χ3n) is 4.38. The fourth-order valence-corrected chi connectivity index (χ4v) is 4.18. The van der Waals surface area contributed by atoms with Gasteiger partial charge >= 0.3 is 0 Å². The van der Waals surface area contributed by atoms with E-state index in [1.165, 1.54) is 22.8 Å². The lowest BCUT2D eigenvalue weighted by molar-refractivity contribution is -0.111. The third kappa shape index (κ3) is 4.85. The highest BCUT2D eigenvalue weighted by molar-refractivity contribution is 7.15. The summed E-state index contributed by atoms with van der Waals surface area (Å²) < 4.78 is 0. The van der Waals surface area contributed by atoms with Crippen LogP contribution in [0.5, 0.6) is 0 Å². The summed E-state index contributed by atoms with van der Waals surface area (Å²) >= 11 is 13.7. The number of rotatable bonds is 5. The van der Waals surface area contributed by atoms with E-state index in [9.17, 15) is 4.79 Å². The van der Waals surface area contributed by atoms with Gasteiger partial charge in [-0.05, 0) is 40.1 Å². The Kier molecular flexibility index (Phi) is 5.95. The Balaban J connectivity index is 1.40. The summed E-state index contributed by atoms with van der Waals surface area (Å²) in [7, 11) is 0. The number of halogens is 2. The molecule has 0 aliphatic carbocycles. The average molecular weight is 439 g/mol. The lowest BCUT2D eigenvalue weighted by Crippen LogP contribution is -2.07. The normalized spacial score (nSPS) is 11.2. The summed E-state index contributed by atoms with van der Waals surface area (Å²) in [5, 5.41) is 6.74. The van der Waals surface area contributed by atoms with Crippen LogP contribution < -0.4 is 5.32 Å². The van der Waals surface area contributed by atoms with Crippen molar-refractivity contribution in [3.05, 3.63) is 99.0 Å². The highest BCUT2D eigenvalue weighted by Crippen LogP contribution is 2.29. The Morgan fingerprint density at radius 1 is 1.03 bits per heavy atom. The fourth-order valence-electron chi connectivity index (χ4n) is 2.95. The molecule has 0 aliphatic rings. The molecule has 0 saturated heterocycles. The van der Waals surface area contributed by atoms with E-state index in [2.05, 4.69) is 28.5 Å². The van der Waals surface area contributed by atoms with E-state index in [0.717, 1.165) is 21.4 Å². The number of anilines is 1. The first-order chi connectivity index (χ1) is 14.1. The highest BCUT2D eigenvalue weighted by atomic mass is 35.5. The third-order valence-corrected chi connectivity index (χ3v) is 6.15. The number of carbonyl (C=O) groups excluding carboxylic acids is 1. The number of nitrogens with zero attached hydrogens (tertiary/aromatic N) is 1. The predicted octanol–water partition coefficient (Wildman–Crippen LogP) is 6.85. The molecule has 0 aliphatic heterocycles. The van der Waals surface area contributed by atoms with E-state index >= 15 is 0 Å². The van der Waals surface area contributed by atoms with E-state index in [1.54, 1.807) is 18.3 Å². The van der Waals surface area contributed by atoms with Crippen molar-refractivity contribution in [2.75, 3.05) is 5.32 Å². The van der Waals surface area contributed by atoms with Gasteiger partial charge in [-0.15, -0.1) is 11.3 Å². The molecule has 1 heterocycles. The van der Waals surface area contributed by atoms with Crippen LogP contribution >= 0.6 is 34.5 Å². The lowest BCUT2D eigenvalue weighted by atomic mass is 10.1. The second kappa shape index (κ2) is 8.78. The maximum Gasteiger partial charge on any atom is 0.250 e. The zero-order valence-corrected chi connectivity index (χ0v) is 17.6. The van der Waals surface area contributed by atoms with Gasteiger partial charge < -0.3 is 0 Å². The molecule has 0 saturated carbocycles. The van der Waals surface area contributed by atoms with Gasteiger partial charge in [-0.3, -0.25) is 10.1 Å². The Morgan fingerprint density at radius 2 is 1.86 bits per heavy atom. The van der Waals surface area contributed by atoms with Crippen LogP contribution in [-0.2, 0) is 11.2 Å². The number of nitrogens with one attached hydrogen (secondary N) is 1. The van der Waals surface area contributed by atoms with Crippen molar-refractivity contribution >= 4 is 62.4 Å². The van der Waals surface area contributed by atoms with Crippen LogP contribution in [0.4, 0.5) is 5.13 Å². The maximum absolute atomic E-state index is 12.2. The summed E-state index contributed by atoms with van der Waals surface area (Å²) in [6.45, 7) is 0. The molecule has 0 atom stereocenters. The average Bonchev–Trinajstić information content (AvgIpc) is 3.16. The Bertz CT molecular complexity index is 1220. The molecule has 4 rings (SSSR count). The van der Waals surface area contributed by atoms with Crippen LogP contribution in [0.15, 0.2) is 72.9 Å². The van der Waals surface area contributed by atoms with Gasteiger partial charge in [0.15, 0.2) is 5.13 Å². The largest absolute Gasteiger partial charge is 0.298 e. The Hall–Kier alpha value is -2.66. The molecule has 29 heavy (non-hydrogen) atoms. The van der Waals surface area contributed by atoms with Gasteiger partial charge in [0.25, 0.3) is 0 Å². The Morgan fingerprint density at radius 3 is 2.72 bits per heavy atom. The molecule has 0 fully saturated rings. The van der Waals surface area contributed by atoms with Gasteiger partial charge in [-0.2, -0.15) is 0 Å². The molecule has 0 spiro atoms. The topological polar surface area (TPSA) is 42.0 Å². The van der Waals surface area contributed by atoms with Crippen molar-refractivity contribution in [3.63, 3.8) is 0 Å². The standard InChI is InChI=1S/C23H16Cl2N2OS/c24-20-7-3-6-18(22(20)25)13-19-14-26-23(29-19)27-21(28)11-9-15-8-10-16-4-1-2-5-17(16)12-15/h1-12,14H,13H2,(H,26,27,28)/b11-9+. The molecule has 4 aromatic rings. The minimum absolute atomic E-state index is 0.222. The first-order valence-corrected chi connectivity index (χ1v) is 10.5. The maximum atomic E-state index is 12.2. The van der Waals surface area contributed by atoms with Gasteiger partial charge in [0.05, 0.1) is 10.0 Å². The van der Waals surface area contributed by atoms with E-state index in [0.29, 0.717) is 21.6 Å². The minimum Gasteiger partial charge on any atom is -0.298 e. The predicted molar refractivity (Wildman–Crippen MR) is 123 cm³/mol. The van der Waals surface area contributed by atoms with Gasteiger partial charge in [-0.25, -0.2) is 4.98 Å². The number of fused-ring (bicyclic) bond motifs is 1.